The molecule has 2 aliphatic heterocycles. The molecule has 1 spiro atoms. The van der Waals surface area contributed by atoms with E-state index in [2.05, 4.69) is 19.7 Å². The minimum atomic E-state index is -0.208. The number of hydrogen-bond donors (Lipinski definition) is 1. The number of amides is 2. The third-order valence-corrected chi connectivity index (χ3v) is 6.42. The van der Waals surface area contributed by atoms with Gasteiger partial charge in [0.05, 0.1) is 5.41 Å². The lowest BCUT2D eigenvalue weighted by Crippen LogP contribution is -2.35. The zero-order chi connectivity index (χ0) is 19.8. The van der Waals surface area contributed by atoms with Gasteiger partial charge >= 0.3 is 0 Å². The fourth-order valence-electron chi connectivity index (χ4n) is 3.96. The van der Waals surface area contributed by atoms with Crippen molar-refractivity contribution >= 4 is 41.3 Å². The standard InChI is InChI=1S/C21H21N5O2S/c27-18(26-7-3-14(4-8-26)10-17-23-13-29-25-17)2-1-15-9-16-11-21(5-6-21)20(28)24-19(16)22-12-15/h1-2,9-10,12-13H,3-8,11H2,(H,22,24,28)/b2-1+. The Morgan fingerprint density at radius 3 is 2.79 bits per heavy atom. The molecule has 29 heavy (non-hydrogen) atoms. The average Bonchev–Trinajstić information content (AvgIpc) is 3.32. The van der Waals surface area contributed by atoms with E-state index in [0.29, 0.717) is 18.9 Å². The molecule has 5 rings (SSSR count). The maximum absolute atomic E-state index is 12.6. The van der Waals surface area contributed by atoms with E-state index >= 15 is 0 Å². The van der Waals surface area contributed by atoms with Gasteiger partial charge in [-0.2, -0.15) is 4.37 Å². The quantitative estimate of drug-likeness (QED) is 0.791. The highest BCUT2D eigenvalue weighted by Gasteiger charge is 2.52. The van der Waals surface area contributed by atoms with Gasteiger partial charge in [-0.1, -0.05) is 5.57 Å². The van der Waals surface area contributed by atoms with Gasteiger partial charge in [0, 0.05) is 25.4 Å². The Hall–Kier alpha value is -2.87. The van der Waals surface area contributed by atoms with E-state index in [4.69, 9.17) is 0 Å². The number of carbonyl (C=O) groups excluding carboxylic acids is 2. The van der Waals surface area contributed by atoms with Crippen molar-refractivity contribution in [3.63, 3.8) is 0 Å². The summed E-state index contributed by atoms with van der Waals surface area (Å²) in [5, 5.41) is 2.91. The van der Waals surface area contributed by atoms with Crippen LogP contribution < -0.4 is 5.32 Å². The van der Waals surface area contributed by atoms with E-state index in [1.807, 2.05) is 23.1 Å². The maximum atomic E-state index is 12.6. The Morgan fingerprint density at radius 1 is 1.24 bits per heavy atom. The van der Waals surface area contributed by atoms with Gasteiger partial charge in [0.1, 0.15) is 11.3 Å². The number of carbonyl (C=O) groups is 2. The number of aromatic nitrogens is 3. The SMILES string of the molecule is O=C(/C=C/c1cnc2c(c1)CC1(CC1)C(=O)N2)N1CCC(=Cc2ncsn2)CC1. The molecule has 4 heterocycles. The minimum Gasteiger partial charge on any atom is -0.339 e. The van der Waals surface area contributed by atoms with E-state index in [1.165, 1.54) is 17.1 Å². The van der Waals surface area contributed by atoms with Gasteiger partial charge in [0.2, 0.25) is 11.8 Å². The van der Waals surface area contributed by atoms with Crippen molar-refractivity contribution in [1.82, 2.24) is 19.2 Å². The first-order valence-corrected chi connectivity index (χ1v) is 10.7. The molecule has 8 heteroatoms. The van der Waals surface area contributed by atoms with Crippen molar-refractivity contribution in [2.24, 2.45) is 5.41 Å². The summed E-state index contributed by atoms with van der Waals surface area (Å²) < 4.78 is 4.21. The lowest BCUT2D eigenvalue weighted by Gasteiger charge is -2.27. The monoisotopic (exact) mass is 407 g/mol. The fourth-order valence-corrected chi connectivity index (χ4v) is 4.37. The van der Waals surface area contributed by atoms with Crippen molar-refractivity contribution in [1.29, 1.82) is 0 Å². The molecule has 1 saturated carbocycles. The predicted molar refractivity (Wildman–Crippen MR) is 111 cm³/mol. The second kappa shape index (κ2) is 7.18. The van der Waals surface area contributed by atoms with Crippen LogP contribution in [-0.2, 0) is 16.0 Å². The largest absolute Gasteiger partial charge is 0.339 e. The lowest BCUT2D eigenvalue weighted by atomic mass is 9.92. The maximum Gasteiger partial charge on any atom is 0.246 e. The Kier molecular flexibility index (Phi) is 4.50. The predicted octanol–water partition coefficient (Wildman–Crippen LogP) is 2.93. The smallest absolute Gasteiger partial charge is 0.246 e. The van der Waals surface area contributed by atoms with Crippen LogP contribution >= 0.6 is 11.5 Å². The molecule has 7 nitrogen and oxygen atoms in total. The number of pyridine rings is 1. The van der Waals surface area contributed by atoms with Crippen molar-refractivity contribution in [3.8, 4) is 0 Å². The molecule has 0 radical (unpaired) electrons. The summed E-state index contributed by atoms with van der Waals surface area (Å²) in [7, 11) is 0. The summed E-state index contributed by atoms with van der Waals surface area (Å²) in [6.45, 7) is 1.41. The molecule has 2 aromatic rings. The second-order valence-electron chi connectivity index (χ2n) is 7.94. The van der Waals surface area contributed by atoms with Gasteiger partial charge in [-0.15, -0.1) is 0 Å². The van der Waals surface area contributed by atoms with Crippen LogP contribution in [0.3, 0.4) is 0 Å². The van der Waals surface area contributed by atoms with Crippen LogP contribution in [0.15, 0.2) is 29.4 Å². The number of fused-ring (bicyclic) bond motifs is 1. The van der Waals surface area contributed by atoms with E-state index in [1.54, 1.807) is 17.8 Å². The van der Waals surface area contributed by atoms with Crippen LogP contribution in [-0.4, -0.2) is 44.1 Å². The normalized spacial score (nSPS) is 19.9. The van der Waals surface area contributed by atoms with E-state index in [-0.39, 0.29) is 17.2 Å². The number of anilines is 1. The molecular formula is C21H21N5O2S. The van der Waals surface area contributed by atoms with E-state index < -0.39 is 0 Å². The first-order chi connectivity index (χ1) is 14.1. The molecule has 0 atom stereocenters. The summed E-state index contributed by atoms with van der Waals surface area (Å²) in [5.41, 5.74) is 4.74. The molecule has 2 aromatic heterocycles. The molecule has 0 bridgehead atoms. The van der Waals surface area contributed by atoms with Crippen LogP contribution in [0.5, 0.6) is 0 Å². The number of hydrogen-bond acceptors (Lipinski definition) is 6. The molecule has 2 fully saturated rings. The van der Waals surface area contributed by atoms with Gasteiger partial charge in [-0.3, -0.25) is 9.59 Å². The van der Waals surface area contributed by atoms with Crippen LogP contribution in [0.4, 0.5) is 5.82 Å². The minimum absolute atomic E-state index is 0.0144. The van der Waals surface area contributed by atoms with Gasteiger partial charge in [0.25, 0.3) is 0 Å². The molecule has 2 amide bonds. The van der Waals surface area contributed by atoms with E-state index in [0.717, 1.165) is 49.1 Å². The summed E-state index contributed by atoms with van der Waals surface area (Å²) in [5.74, 6) is 1.52. The van der Waals surface area contributed by atoms with Gasteiger partial charge < -0.3 is 10.2 Å². The van der Waals surface area contributed by atoms with Crippen LogP contribution in [0.2, 0.25) is 0 Å². The van der Waals surface area contributed by atoms with Crippen molar-refractivity contribution in [2.75, 3.05) is 18.4 Å². The molecule has 1 saturated heterocycles. The fraction of sp³-hybridized carbons (Fsp3) is 0.381. The molecule has 0 aromatic carbocycles. The topological polar surface area (TPSA) is 88.1 Å². The molecule has 0 unspecified atom stereocenters. The number of rotatable bonds is 3. The van der Waals surface area contributed by atoms with Crippen molar-refractivity contribution < 1.29 is 9.59 Å². The van der Waals surface area contributed by atoms with Crippen LogP contribution in [0, 0.1) is 5.41 Å². The zero-order valence-corrected chi connectivity index (χ0v) is 16.7. The number of piperidine rings is 1. The first-order valence-electron chi connectivity index (χ1n) is 9.85. The molecule has 148 valence electrons. The second-order valence-corrected chi connectivity index (χ2v) is 8.54. The summed E-state index contributed by atoms with van der Waals surface area (Å²) in [4.78, 5) is 35.1. The summed E-state index contributed by atoms with van der Waals surface area (Å²) in [6, 6.07) is 2.03. The zero-order valence-electron chi connectivity index (χ0n) is 15.9. The van der Waals surface area contributed by atoms with Crippen LogP contribution in [0.1, 0.15) is 42.6 Å². The van der Waals surface area contributed by atoms with Gasteiger partial charge in [-0.25, -0.2) is 9.97 Å². The average molecular weight is 407 g/mol. The highest BCUT2D eigenvalue weighted by Crippen LogP contribution is 2.52. The number of likely N-dealkylation sites (tertiary alicyclic amines) is 1. The number of nitrogens with zero attached hydrogens (tertiary/aromatic N) is 4. The van der Waals surface area contributed by atoms with Crippen LogP contribution in [0.25, 0.3) is 12.2 Å². The Bertz CT molecular complexity index is 1010. The summed E-state index contributed by atoms with van der Waals surface area (Å²) >= 11 is 1.34. The lowest BCUT2D eigenvalue weighted by molar-refractivity contribution is -0.126. The molecule has 3 aliphatic rings. The Morgan fingerprint density at radius 2 is 2.07 bits per heavy atom. The molecule has 1 aliphatic carbocycles. The molecule has 1 N–H and O–H groups in total. The first kappa shape index (κ1) is 18.2. The van der Waals surface area contributed by atoms with E-state index in [9.17, 15) is 9.59 Å². The highest BCUT2D eigenvalue weighted by molar-refractivity contribution is 7.03. The van der Waals surface area contributed by atoms with Gasteiger partial charge in [-0.05, 0) is 73.0 Å². The Labute approximate surface area is 172 Å². The third-order valence-electron chi connectivity index (χ3n) is 5.93. The third kappa shape index (κ3) is 3.72. The van der Waals surface area contributed by atoms with Gasteiger partial charge in [0.15, 0.2) is 5.82 Å². The van der Waals surface area contributed by atoms with Crippen molar-refractivity contribution in [2.45, 2.75) is 32.1 Å². The highest BCUT2D eigenvalue weighted by atomic mass is 32.1. The molecular weight excluding hydrogens is 386 g/mol. The Balaban J connectivity index is 1.21. The summed E-state index contributed by atoms with van der Waals surface area (Å²) in [6.07, 6.45) is 11.5. The number of nitrogens with one attached hydrogen (secondary N) is 1. The van der Waals surface area contributed by atoms with Crippen molar-refractivity contribution in [3.05, 3.63) is 46.4 Å².